The summed E-state index contributed by atoms with van der Waals surface area (Å²) < 4.78 is 13.4. The monoisotopic (exact) mass is 638 g/mol. The Hall–Kier alpha value is -3.60. The number of hydrogen-bond acceptors (Lipinski definition) is 7. The number of unbranched alkanes of at least 4 members (excludes halogenated alkanes) is 2. The first-order valence-corrected chi connectivity index (χ1v) is 16.9. The van der Waals surface area contributed by atoms with Crippen LogP contribution in [0.4, 0.5) is 4.79 Å². The van der Waals surface area contributed by atoms with Crippen molar-refractivity contribution in [2.24, 2.45) is 11.3 Å². The van der Waals surface area contributed by atoms with Crippen LogP contribution in [0, 0.1) is 11.3 Å². The van der Waals surface area contributed by atoms with Crippen LogP contribution in [0.5, 0.6) is 11.6 Å². The van der Waals surface area contributed by atoms with E-state index >= 15 is 0 Å². The highest BCUT2D eigenvalue weighted by Gasteiger charge is 2.46. The third-order valence-electron chi connectivity index (χ3n) is 9.58. The van der Waals surface area contributed by atoms with Crippen molar-refractivity contribution in [3.8, 4) is 11.6 Å². The molecule has 1 aromatic heterocycles. The number of aliphatic carboxylic acids is 1. The van der Waals surface area contributed by atoms with Gasteiger partial charge in [-0.1, -0.05) is 65.0 Å². The van der Waals surface area contributed by atoms with Gasteiger partial charge >= 0.3 is 12.1 Å². The zero-order valence-electron chi connectivity index (χ0n) is 27.7. The molecule has 1 aliphatic carbocycles. The summed E-state index contributed by atoms with van der Waals surface area (Å²) in [5, 5.41) is 22.8. The number of para-hydroxylation sites is 1. The highest BCUT2D eigenvalue weighted by atomic mass is 16.5. The van der Waals surface area contributed by atoms with E-state index in [2.05, 4.69) is 17.3 Å². The van der Waals surface area contributed by atoms with Crippen LogP contribution in [-0.4, -0.2) is 93.9 Å². The van der Waals surface area contributed by atoms with E-state index in [0.29, 0.717) is 12.3 Å². The molecule has 3 heterocycles. The number of piperidine rings is 1. The highest BCUT2D eigenvalue weighted by Crippen LogP contribution is 2.40. The Balaban J connectivity index is 1.44. The van der Waals surface area contributed by atoms with Gasteiger partial charge < -0.3 is 34.8 Å². The highest BCUT2D eigenvalue weighted by molar-refractivity contribution is 5.90. The summed E-state index contributed by atoms with van der Waals surface area (Å²) in [6.07, 6.45) is 7.90. The number of likely N-dealkylation sites (tertiary alicyclic amines) is 2. The van der Waals surface area contributed by atoms with Gasteiger partial charge in [0.2, 0.25) is 11.8 Å². The van der Waals surface area contributed by atoms with Gasteiger partial charge in [0.25, 0.3) is 0 Å². The fourth-order valence-corrected chi connectivity index (χ4v) is 6.70. The summed E-state index contributed by atoms with van der Waals surface area (Å²) in [4.78, 5) is 46.1. The van der Waals surface area contributed by atoms with Crippen molar-refractivity contribution >= 4 is 28.9 Å². The number of carbonyl (C=O) groups is 3. The number of hydrogen-bond donors (Lipinski definition) is 3. The lowest BCUT2D eigenvalue weighted by molar-refractivity contribution is -0.150. The molecule has 0 bridgehead atoms. The number of ether oxygens (including phenoxy) is 2. The molecule has 1 saturated carbocycles. The predicted octanol–water partition coefficient (Wildman–Crippen LogP) is 5.34. The first kappa shape index (κ1) is 33.8. The van der Waals surface area contributed by atoms with E-state index in [-0.39, 0.29) is 19.1 Å². The normalized spacial score (nSPS) is 21.7. The molecule has 11 heteroatoms. The summed E-state index contributed by atoms with van der Waals surface area (Å²) >= 11 is 0. The molecule has 2 aromatic rings. The molecule has 3 fully saturated rings. The Morgan fingerprint density at radius 2 is 1.72 bits per heavy atom. The minimum Gasteiger partial charge on any atom is -0.489 e. The first-order valence-electron chi connectivity index (χ1n) is 16.9. The number of aromatic nitrogens is 1. The number of pyridine rings is 1. The Kier molecular flexibility index (Phi) is 10.6. The zero-order chi connectivity index (χ0) is 33.0. The van der Waals surface area contributed by atoms with Crippen LogP contribution in [-0.2, 0) is 16.0 Å². The van der Waals surface area contributed by atoms with Crippen molar-refractivity contribution < 1.29 is 34.1 Å². The van der Waals surface area contributed by atoms with Crippen molar-refractivity contribution in [3.05, 3.63) is 29.8 Å². The van der Waals surface area contributed by atoms with Gasteiger partial charge in [0.1, 0.15) is 30.0 Å². The third kappa shape index (κ3) is 8.40. The molecule has 0 spiro atoms. The van der Waals surface area contributed by atoms with Crippen molar-refractivity contribution in [2.75, 3.05) is 26.7 Å². The number of benzene rings is 1. The van der Waals surface area contributed by atoms with E-state index in [1.807, 2.05) is 24.3 Å². The molecule has 46 heavy (non-hydrogen) atoms. The Labute approximate surface area is 271 Å². The Bertz CT molecular complexity index is 1400. The maximum Gasteiger partial charge on any atom is 0.405 e. The Morgan fingerprint density at radius 3 is 2.37 bits per heavy atom. The lowest BCUT2D eigenvalue weighted by Gasteiger charge is -2.34. The summed E-state index contributed by atoms with van der Waals surface area (Å²) in [6.45, 7) is 7.16. The van der Waals surface area contributed by atoms with E-state index < -0.39 is 41.6 Å². The van der Waals surface area contributed by atoms with Crippen molar-refractivity contribution in [3.63, 3.8) is 0 Å². The van der Waals surface area contributed by atoms with Gasteiger partial charge in [0.15, 0.2) is 0 Å². The van der Waals surface area contributed by atoms with Gasteiger partial charge in [-0.15, -0.1) is 0 Å². The van der Waals surface area contributed by atoms with E-state index in [1.165, 1.54) is 30.6 Å². The number of nitrogens with zero attached hydrogens (tertiary/aromatic N) is 3. The first-order chi connectivity index (χ1) is 21.9. The van der Waals surface area contributed by atoms with Crippen LogP contribution >= 0.6 is 0 Å². The van der Waals surface area contributed by atoms with Gasteiger partial charge in [0, 0.05) is 24.9 Å². The van der Waals surface area contributed by atoms with Crippen LogP contribution in [0.1, 0.15) is 84.1 Å². The van der Waals surface area contributed by atoms with E-state index in [1.54, 1.807) is 20.8 Å². The topological polar surface area (TPSA) is 142 Å². The quantitative estimate of drug-likeness (QED) is 0.248. The average Bonchev–Trinajstić information content (AvgIpc) is 3.73. The smallest absolute Gasteiger partial charge is 0.405 e. The van der Waals surface area contributed by atoms with Gasteiger partial charge in [0.05, 0.1) is 17.6 Å². The summed E-state index contributed by atoms with van der Waals surface area (Å²) in [5.41, 5.74) is 0.849. The SMILES string of the molecule is CN1CCC(Oc2c(CCCCCC3CC3)c(OC3C[C@@H](C(=O)O)N(C(=O)[C@@H](NC(=O)O)C(C)(C)C)C3)nc3ccccc23)CC1. The number of fused-ring (bicyclic) bond motifs is 1. The maximum atomic E-state index is 13.7. The molecular weight excluding hydrogens is 588 g/mol. The van der Waals surface area contributed by atoms with Gasteiger partial charge in [-0.3, -0.25) is 4.79 Å². The van der Waals surface area contributed by atoms with Gasteiger partial charge in [-0.25, -0.2) is 14.6 Å². The second kappa shape index (κ2) is 14.4. The van der Waals surface area contributed by atoms with E-state index in [4.69, 9.17) is 14.5 Å². The van der Waals surface area contributed by atoms with Crippen molar-refractivity contribution in [1.29, 1.82) is 0 Å². The second-order valence-corrected chi connectivity index (χ2v) is 14.5. The fourth-order valence-electron chi connectivity index (χ4n) is 6.70. The molecule has 1 unspecified atom stereocenters. The third-order valence-corrected chi connectivity index (χ3v) is 9.58. The molecule has 2 saturated heterocycles. The van der Waals surface area contributed by atoms with Crippen molar-refractivity contribution in [1.82, 2.24) is 20.1 Å². The summed E-state index contributed by atoms with van der Waals surface area (Å²) in [5.74, 6) is 0.362. The number of rotatable bonds is 13. The average molecular weight is 639 g/mol. The summed E-state index contributed by atoms with van der Waals surface area (Å²) in [7, 11) is 2.12. The van der Waals surface area contributed by atoms with E-state index in [9.17, 15) is 24.6 Å². The number of carboxylic acids is 1. The van der Waals surface area contributed by atoms with Crippen LogP contribution < -0.4 is 14.8 Å². The molecular formula is C35H50N4O7. The molecule has 5 rings (SSSR count). The standard InChI is InChI=1S/C35H50N4O7/c1-35(2,3)30(37-34(43)44)32(40)39-21-24(20-28(39)33(41)42)46-31-26(12-7-5-6-10-22-14-15-22)29(25-11-8-9-13-27(25)36-31)45-23-16-18-38(4)19-17-23/h8-9,11,13,22-24,28,30,37H,5-7,10,12,14-21H2,1-4H3,(H,41,42)(H,43,44)/t24?,28-,30+/m0/s1. The molecule has 252 valence electrons. The van der Waals surface area contributed by atoms with Crippen LogP contribution in [0.25, 0.3) is 10.9 Å². The lowest BCUT2D eigenvalue weighted by atomic mass is 9.85. The number of nitrogens with one attached hydrogen (secondary N) is 1. The van der Waals surface area contributed by atoms with E-state index in [0.717, 1.165) is 66.9 Å². The van der Waals surface area contributed by atoms with Gasteiger partial charge in [-0.2, -0.15) is 0 Å². The molecule has 3 atom stereocenters. The molecule has 3 aliphatic rings. The number of carboxylic acid groups (broad SMARTS) is 2. The predicted molar refractivity (Wildman–Crippen MR) is 174 cm³/mol. The minimum absolute atomic E-state index is 0.00413. The van der Waals surface area contributed by atoms with Crippen molar-refractivity contribution in [2.45, 2.75) is 109 Å². The number of carbonyl (C=O) groups excluding carboxylic acids is 1. The van der Waals surface area contributed by atoms with Crippen LogP contribution in [0.3, 0.4) is 0 Å². The zero-order valence-corrected chi connectivity index (χ0v) is 27.7. The lowest BCUT2D eigenvalue weighted by Crippen LogP contribution is -2.56. The van der Waals surface area contributed by atoms with Crippen LogP contribution in [0.15, 0.2) is 24.3 Å². The largest absolute Gasteiger partial charge is 0.489 e. The van der Waals surface area contributed by atoms with Crippen LogP contribution in [0.2, 0.25) is 0 Å². The maximum absolute atomic E-state index is 13.7. The molecule has 11 nitrogen and oxygen atoms in total. The summed E-state index contributed by atoms with van der Waals surface area (Å²) in [6, 6.07) is 5.60. The second-order valence-electron chi connectivity index (χ2n) is 14.5. The molecule has 1 aromatic carbocycles. The number of amides is 2. The minimum atomic E-state index is -1.34. The molecule has 2 amide bonds. The fraction of sp³-hybridized carbons (Fsp3) is 0.657. The Morgan fingerprint density at radius 1 is 1.00 bits per heavy atom. The molecule has 2 aliphatic heterocycles. The molecule has 3 N–H and O–H groups in total. The van der Waals surface area contributed by atoms with Gasteiger partial charge in [-0.05, 0) is 56.2 Å². The molecule has 0 radical (unpaired) electrons.